The van der Waals surface area contributed by atoms with Gasteiger partial charge >= 0.3 is 0 Å². The van der Waals surface area contributed by atoms with E-state index in [1.807, 2.05) is 25.1 Å². The topological polar surface area (TPSA) is 50.4 Å². The summed E-state index contributed by atoms with van der Waals surface area (Å²) in [6, 6.07) is 5.60. The lowest BCUT2D eigenvalue weighted by Crippen LogP contribution is -2.48. The first-order chi connectivity index (χ1) is 9.11. The van der Waals surface area contributed by atoms with Gasteiger partial charge in [0.1, 0.15) is 5.75 Å². The SMILES string of the molecule is COc1ccc(NC(=O)C2NCCCC2C)cc1C. The highest BCUT2D eigenvalue weighted by atomic mass is 16.5. The van der Waals surface area contributed by atoms with Gasteiger partial charge in [-0.15, -0.1) is 0 Å². The third kappa shape index (κ3) is 3.26. The van der Waals surface area contributed by atoms with E-state index in [9.17, 15) is 4.79 Å². The quantitative estimate of drug-likeness (QED) is 0.879. The van der Waals surface area contributed by atoms with E-state index in [0.717, 1.165) is 36.4 Å². The van der Waals surface area contributed by atoms with E-state index in [4.69, 9.17) is 4.74 Å². The van der Waals surface area contributed by atoms with Crippen molar-refractivity contribution in [1.82, 2.24) is 5.32 Å². The average Bonchev–Trinajstić information content (AvgIpc) is 2.39. The van der Waals surface area contributed by atoms with E-state index in [0.29, 0.717) is 5.92 Å². The van der Waals surface area contributed by atoms with Crippen molar-refractivity contribution in [2.75, 3.05) is 19.0 Å². The van der Waals surface area contributed by atoms with Gasteiger partial charge in [-0.25, -0.2) is 0 Å². The maximum Gasteiger partial charge on any atom is 0.241 e. The average molecular weight is 262 g/mol. The molecule has 0 radical (unpaired) electrons. The minimum atomic E-state index is -0.0869. The number of carbonyl (C=O) groups is 1. The van der Waals surface area contributed by atoms with E-state index in [1.54, 1.807) is 7.11 Å². The Kier molecular flexibility index (Phi) is 4.43. The predicted molar refractivity (Wildman–Crippen MR) is 76.5 cm³/mol. The third-order valence-corrected chi connectivity index (χ3v) is 3.71. The second-order valence-electron chi connectivity index (χ2n) is 5.22. The third-order valence-electron chi connectivity index (χ3n) is 3.71. The number of anilines is 1. The van der Waals surface area contributed by atoms with Crippen LogP contribution in [-0.4, -0.2) is 25.6 Å². The number of aryl methyl sites for hydroxylation is 1. The van der Waals surface area contributed by atoms with Crippen LogP contribution in [0, 0.1) is 12.8 Å². The fourth-order valence-corrected chi connectivity index (χ4v) is 2.58. The number of methoxy groups -OCH3 is 1. The van der Waals surface area contributed by atoms with Crippen LogP contribution >= 0.6 is 0 Å². The lowest BCUT2D eigenvalue weighted by molar-refractivity contribution is -0.119. The van der Waals surface area contributed by atoms with Gasteiger partial charge in [-0.2, -0.15) is 0 Å². The van der Waals surface area contributed by atoms with E-state index < -0.39 is 0 Å². The number of amides is 1. The fraction of sp³-hybridized carbons (Fsp3) is 0.533. The van der Waals surface area contributed by atoms with E-state index in [2.05, 4.69) is 17.6 Å². The first-order valence-electron chi connectivity index (χ1n) is 6.80. The molecular formula is C15H22N2O2. The van der Waals surface area contributed by atoms with Crippen molar-refractivity contribution in [1.29, 1.82) is 0 Å². The number of rotatable bonds is 3. The highest BCUT2D eigenvalue weighted by molar-refractivity contribution is 5.95. The molecule has 1 aromatic rings. The second-order valence-corrected chi connectivity index (χ2v) is 5.22. The Hall–Kier alpha value is -1.55. The molecule has 19 heavy (non-hydrogen) atoms. The zero-order valence-electron chi connectivity index (χ0n) is 11.8. The number of nitrogens with one attached hydrogen (secondary N) is 2. The van der Waals surface area contributed by atoms with Crippen molar-refractivity contribution in [2.24, 2.45) is 5.92 Å². The Balaban J connectivity index is 2.04. The fourth-order valence-electron chi connectivity index (χ4n) is 2.58. The molecule has 0 saturated carbocycles. The zero-order chi connectivity index (χ0) is 13.8. The molecule has 1 aromatic carbocycles. The van der Waals surface area contributed by atoms with Crippen molar-refractivity contribution >= 4 is 11.6 Å². The number of hydrogen-bond donors (Lipinski definition) is 2. The lowest BCUT2D eigenvalue weighted by Gasteiger charge is -2.29. The minimum Gasteiger partial charge on any atom is -0.496 e. The molecule has 1 fully saturated rings. The van der Waals surface area contributed by atoms with Crippen LogP contribution in [-0.2, 0) is 4.79 Å². The highest BCUT2D eigenvalue weighted by Crippen LogP contribution is 2.22. The summed E-state index contributed by atoms with van der Waals surface area (Å²) in [7, 11) is 1.65. The number of piperidine rings is 1. The summed E-state index contributed by atoms with van der Waals surface area (Å²) in [5, 5.41) is 6.27. The number of ether oxygens (including phenoxy) is 1. The minimum absolute atomic E-state index is 0.0526. The highest BCUT2D eigenvalue weighted by Gasteiger charge is 2.27. The van der Waals surface area contributed by atoms with Crippen LogP contribution < -0.4 is 15.4 Å². The van der Waals surface area contributed by atoms with Crippen LogP contribution in [0.4, 0.5) is 5.69 Å². The van der Waals surface area contributed by atoms with Crippen LogP contribution in [0.3, 0.4) is 0 Å². The Bertz CT molecular complexity index is 459. The van der Waals surface area contributed by atoms with Crippen molar-refractivity contribution in [3.05, 3.63) is 23.8 Å². The molecule has 2 rings (SSSR count). The van der Waals surface area contributed by atoms with Gasteiger partial charge in [0.25, 0.3) is 0 Å². The summed E-state index contributed by atoms with van der Waals surface area (Å²) < 4.78 is 5.21. The molecule has 1 saturated heterocycles. The summed E-state index contributed by atoms with van der Waals surface area (Å²) in [5.74, 6) is 1.27. The maximum atomic E-state index is 12.2. The molecule has 104 valence electrons. The number of carbonyl (C=O) groups excluding carboxylic acids is 1. The molecule has 2 N–H and O–H groups in total. The summed E-state index contributed by atoms with van der Waals surface area (Å²) in [5.41, 5.74) is 1.84. The molecule has 1 heterocycles. The standard InChI is InChI=1S/C15H22N2O2/c1-10-5-4-8-16-14(10)15(18)17-12-6-7-13(19-3)11(2)9-12/h6-7,9-10,14,16H,4-5,8H2,1-3H3,(H,17,18). The normalized spacial score (nSPS) is 22.9. The number of benzene rings is 1. The van der Waals surface area contributed by atoms with Crippen molar-refractivity contribution < 1.29 is 9.53 Å². The molecule has 4 heteroatoms. The molecule has 1 aliphatic heterocycles. The first kappa shape index (κ1) is 13.9. The Morgan fingerprint density at radius 3 is 2.89 bits per heavy atom. The molecule has 0 aromatic heterocycles. The van der Waals surface area contributed by atoms with Gasteiger partial charge in [0.15, 0.2) is 0 Å². The van der Waals surface area contributed by atoms with Crippen LogP contribution in [0.1, 0.15) is 25.3 Å². The molecule has 2 atom stereocenters. The van der Waals surface area contributed by atoms with Gasteiger partial charge in [0, 0.05) is 5.69 Å². The van der Waals surface area contributed by atoms with Crippen LogP contribution in [0.2, 0.25) is 0 Å². The summed E-state index contributed by atoms with van der Waals surface area (Å²) >= 11 is 0. The molecule has 1 amide bonds. The van der Waals surface area contributed by atoms with Crippen molar-refractivity contribution in [3.8, 4) is 5.75 Å². The monoisotopic (exact) mass is 262 g/mol. The lowest BCUT2D eigenvalue weighted by atomic mass is 9.92. The van der Waals surface area contributed by atoms with Crippen molar-refractivity contribution in [2.45, 2.75) is 32.7 Å². The van der Waals surface area contributed by atoms with E-state index in [1.165, 1.54) is 0 Å². The molecule has 1 aliphatic rings. The molecule has 0 aliphatic carbocycles. The van der Waals surface area contributed by atoms with Gasteiger partial charge in [0.2, 0.25) is 5.91 Å². The molecule has 4 nitrogen and oxygen atoms in total. The maximum absolute atomic E-state index is 12.2. The van der Waals surface area contributed by atoms with Gasteiger partial charge in [-0.05, 0) is 56.0 Å². The van der Waals surface area contributed by atoms with Crippen LogP contribution in [0.25, 0.3) is 0 Å². The van der Waals surface area contributed by atoms with Crippen LogP contribution in [0.5, 0.6) is 5.75 Å². The van der Waals surface area contributed by atoms with Crippen molar-refractivity contribution in [3.63, 3.8) is 0 Å². The smallest absolute Gasteiger partial charge is 0.241 e. The van der Waals surface area contributed by atoms with Gasteiger partial charge < -0.3 is 15.4 Å². The molecule has 0 spiro atoms. The van der Waals surface area contributed by atoms with E-state index >= 15 is 0 Å². The molecule has 2 unspecified atom stereocenters. The summed E-state index contributed by atoms with van der Waals surface area (Å²) in [6.07, 6.45) is 2.25. The van der Waals surface area contributed by atoms with Gasteiger partial charge in [0.05, 0.1) is 13.2 Å². The Morgan fingerprint density at radius 2 is 2.26 bits per heavy atom. The molecular weight excluding hydrogens is 240 g/mol. The predicted octanol–water partition coefficient (Wildman–Crippen LogP) is 2.33. The summed E-state index contributed by atoms with van der Waals surface area (Å²) in [4.78, 5) is 12.2. The number of hydrogen-bond acceptors (Lipinski definition) is 3. The van der Waals surface area contributed by atoms with Crippen LogP contribution in [0.15, 0.2) is 18.2 Å². The Morgan fingerprint density at radius 1 is 1.47 bits per heavy atom. The largest absolute Gasteiger partial charge is 0.496 e. The zero-order valence-corrected chi connectivity index (χ0v) is 11.8. The Labute approximate surface area is 114 Å². The first-order valence-corrected chi connectivity index (χ1v) is 6.80. The van der Waals surface area contributed by atoms with Gasteiger partial charge in [-0.3, -0.25) is 4.79 Å². The summed E-state index contributed by atoms with van der Waals surface area (Å²) in [6.45, 7) is 5.01. The second kappa shape index (κ2) is 6.06. The van der Waals surface area contributed by atoms with Gasteiger partial charge in [-0.1, -0.05) is 6.92 Å². The molecule has 0 bridgehead atoms. The van der Waals surface area contributed by atoms with E-state index in [-0.39, 0.29) is 11.9 Å².